The van der Waals surface area contributed by atoms with E-state index in [0.717, 1.165) is 31.6 Å². The molecule has 2 heteroatoms. The predicted octanol–water partition coefficient (Wildman–Crippen LogP) is 3.50. The fourth-order valence-electron chi connectivity index (χ4n) is 4.23. The molecule has 0 saturated heterocycles. The highest BCUT2D eigenvalue weighted by molar-refractivity contribution is 4.88. The second-order valence-corrected chi connectivity index (χ2v) is 6.57. The molecule has 5 unspecified atom stereocenters. The molecule has 0 aromatic heterocycles. The van der Waals surface area contributed by atoms with Crippen LogP contribution in [0.2, 0.25) is 0 Å². The van der Waals surface area contributed by atoms with E-state index >= 15 is 0 Å². The van der Waals surface area contributed by atoms with Gasteiger partial charge in [0, 0.05) is 0 Å². The van der Waals surface area contributed by atoms with Crippen LogP contribution in [-0.4, -0.2) is 22.4 Å². The van der Waals surface area contributed by atoms with Crippen molar-refractivity contribution in [2.24, 2.45) is 17.8 Å². The van der Waals surface area contributed by atoms with Crippen molar-refractivity contribution in [2.75, 3.05) is 0 Å². The number of hydrogen-bond acceptors (Lipinski definition) is 2. The topological polar surface area (TPSA) is 40.5 Å². The highest BCUT2D eigenvalue weighted by Crippen LogP contribution is 2.41. The van der Waals surface area contributed by atoms with E-state index in [1.165, 1.54) is 38.5 Å². The van der Waals surface area contributed by atoms with E-state index in [1.54, 1.807) is 0 Å². The SMILES string of the molecule is CCCC1CCC(O)C(C2CCCCCC2O)C1. The molecule has 0 bridgehead atoms. The highest BCUT2D eigenvalue weighted by atomic mass is 16.3. The summed E-state index contributed by atoms with van der Waals surface area (Å²) in [5.74, 6) is 1.52. The van der Waals surface area contributed by atoms with Crippen molar-refractivity contribution in [3.63, 3.8) is 0 Å². The van der Waals surface area contributed by atoms with Gasteiger partial charge < -0.3 is 10.2 Å². The third-order valence-corrected chi connectivity index (χ3v) is 5.25. The molecule has 0 aromatic rings. The molecule has 0 aliphatic heterocycles. The molecule has 0 amide bonds. The lowest BCUT2D eigenvalue weighted by molar-refractivity contribution is -0.0313. The van der Waals surface area contributed by atoms with E-state index in [4.69, 9.17) is 0 Å². The standard InChI is InChI=1S/C16H30O2/c1-2-6-12-9-10-16(18)14(11-12)13-7-4-3-5-8-15(13)17/h12-18H,2-11H2,1H3. The first-order valence-corrected chi connectivity index (χ1v) is 8.08. The Morgan fingerprint density at radius 3 is 2.33 bits per heavy atom. The number of rotatable bonds is 3. The molecule has 2 saturated carbocycles. The van der Waals surface area contributed by atoms with Gasteiger partial charge in [0.05, 0.1) is 12.2 Å². The van der Waals surface area contributed by atoms with Crippen LogP contribution in [0.25, 0.3) is 0 Å². The highest BCUT2D eigenvalue weighted by Gasteiger charge is 2.37. The minimum atomic E-state index is -0.160. The fraction of sp³-hybridized carbons (Fsp3) is 1.00. The summed E-state index contributed by atoms with van der Waals surface area (Å²) >= 11 is 0. The van der Waals surface area contributed by atoms with Gasteiger partial charge in [0.1, 0.15) is 0 Å². The monoisotopic (exact) mass is 254 g/mol. The second-order valence-electron chi connectivity index (χ2n) is 6.57. The average Bonchev–Trinajstić information content (AvgIpc) is 2.57. The molecule has 2 fully saturated rings. The molecule has 2 N–H and O–H groups in total. The summed E-state index contributed by atoms with van der Waals surface area (Å²) in [6, 6.07) is 0. The zero-order valence-corrected chi connectivity index (χ0v) is 11.9. The maximum atomic E-state index is 10.3. The Kier molecular flexibility index (Phi) is 5.50. The van der Waals surface area contributed by atoms with Gasteiger partial charge >= 0.3 is 0 Å². The van der Waals surface area contributed by atoms with Crippen molar-refractivity contribution in [1.82, 2.24) is 0 Å². The molecule has 106 valence electrons. The molecule has 18 heavy (non-hydrogen) atoms. The Labute approximate surface area is 112 Å². The summed E-state index contributed by atoms with van der Waals surface area (Å²) in [5.41, 5.74) is 0. The van der Waals surface area contributed by atoms with Gasteiger partial charge in [-0.25, -0.2) is 0 Å². The molecule has 0 heterocycles. The molecule has 2 rings (SSSR count). The van der Waals surface area contributed by atoms with Crippen molar-refractivity contribution in [3.05, 3.63) is 0 Å². The van der Waals surface area contributed by atoms with E-state index in [-0.39, 0.29) is 12.2 Å². The van der Waals surface area contributed by atoms with Crippen LogP contribution in [0.3, 0.4) is 0 Å². The molecule has 5 atom stereocenters. The quantitative estimate of drug-likeness (QED) is 0.757. The van der Waals surface area contributed by atoms with Crippen molar-refractivity contribution in [2.45, 2.75) is 83.3 Å². The Morgan fingerprint density at radius 2 is 1.56 bits per heavy atom. The number of aliphatic hydroxyl groups is 2. The van der Waals surface area contributed by atoms with Crippen LogP contribution in [0.5, 0.6) is 0 Å². The first-order valence-electron chi connectivity index (χ1n) is 8.08. The van der Waals surface area contributed by atoms with E-state index in [1.807, 2.05) is 0 Å². The van der Waals surface area contributed by atoms with E-state index < -0.39 is 0 Å². The maximum Gasteiger partial charge on any atom is 0.0572 e. The Morgan fingerprint density at radius 1 is 0.833 bits per heavy atom. The maximum absolute atomic E-state index is 10.3. The molecule has 2 aliphatic carbocycles. The largest absolute Gasteiger partial charge is 0.393 e. The van der Waals surface area contributed by atoms with E-state index in [0.29, 0.717) is 11.8 Å². The molecule has 2 aliphatic rings. The Bertz CT molecular complexity index is 241. The average molecular weight is 254 g/mol. The summed E-state index contributed by atoms with van der Waals surface area (Å²) < 4.78 is 0. The van der Waals surface area contributed by atoms with Crippen LogP contribution in [-0.2, 0) is 0 Å². The zero-order chi connectivity index (χ0) is 13.0. The normalized spacial score (nSPS) is 42.5. The van der Waals surface area contributed by atoms with Crippen molar-refractivity contribution >= 4 is 0 Å². The summed E-state index contributed by atoms with van der Waals surface area (Å²) in [5, 5.41) is 20.6. The van der Waals surface area contributed by atoms with Crippen LogP contribution in [0.4, 0.5) is 0 Å². The smallest absolute Gasteiger partial charge is 0.0572 e. The van der Waals surface area contributed by atoms with Gasteiger partial charge in [-0.3, -0.25) is 0 Å². The summed E-state index contributed by atoms with van der Waals surface area (Å²) in [6.45, 7) is 2.25. The van der Waals surface area contributed by atoms with Crippen LogP contribution < -0.4 is 0 Å². The second kappa shape index (κ2) is 6.91. The first kappa shape index (κ1) is 14.3. The van der Waals surface area contributed by atoms with Gasteiger partial charge in [0.2, 0.25) is 0 Å². The van der Waals surface area contributed by atoms with Crippen LogP contribution in [0, 0.1) is 17.8 Å². The minimum absolute atomic E-state index is 0.157. The molecular formula is C16H30O2. The van der Waals surface area contributed by atoms with Crippen LogP contribution >= 0.6 is 0 Å². The summed E-state index contributed by atoms with van der Waals surface area (Å²) in [4.78, 5) is 0. The number of aliphatic hydroxyl groups excluding tert-OH is 2. The summed E-state index contributed by atoms with van der Waals surface area (Å²) in [7, 11) is 0. The van der Waals surface area contributed by atoms with Gasteiger partial charge in [-0.05, 0) is 49.9 Å². The summed E-state index contributed by atoms with van der Waals surface area (Å²) in [6.07, 6.45) is 11.3. The number of hydrogen-bond donors (Lipinski definition) is 2. The van der Waals surface area contributed by atoms with E-state index in [2.05, 4.69) is 6.92 Å². The van der Waals surface area contributed by atoms with Gasteiger partial charge in [0.15, 0.2) is 0 Å². The molecule has 0 radical (unpaired) electrons. The van der Waals surface area contributed by atoms with Crippen molar-refractivity contribution in [3.8, 4) is 0 Å². The zero-order valence-electron chi connectivity index (χ0n) is 11.9. The first-order chi connectivity index (χ1) is 8.72. The lowest BCUT2D eigenvalue weighted by Crippen LogP contribution is -2.39. The van der Waals surface area contributed by atoms with Crippen LogP contribution in [0.1, 0.15) is 71.1 Å². The minimum Gasteiger partial charge on any atom is -0.393 e. The molecule has 2 nitrogen and oxygen atoms in total. The third-order valence-electron chi connectivity index (χ3n) is 5.25. The Hall–Kier alpha value is -0.0800. The molecular weight excluding hydrogens is 224 g/mol. The van der Waals surface area contributed by atoms with Gasteiger partial charge in [0.25, 0.3) is 0 Å². The molecule has 0 spiro atoms. The van der Waals surface area contributed by atoms with Crippen LogP contribution in [0.15, 0.2) is 0 Å². The lowest BCUT2D eigenvalue weighted by atomic mass is 9.69. The van der Waals surface area contributed by atoms with Gasteiger partial charge in [-0.2, -0.15) is 0 Å². The van der Waals surface area contributed by atoms with Crippen molar-refractivity contribution < 1.29 is 10.2 Å². The third kappa shape index (κ3) is 3.48. The van der Waals surface area contributed by atoms with E-state index in [9.17, 15) is 10.2 Å². The van der Waals surface area contributed by atoms with Gasteiger partial charge in [-0.15, -0.1) is 0 Å². The Balaban J connectivity index is 1.98. The predicted molar refractivity (Wildman–Crippen MR) is 74.3 cm³/mol. The molecule has 0 aromatic carbocycles. The lowest BCUT2D eigenvalue weighted by Gasteiger charge is -2.39. The van der Waals surface area contributed by atoms with Gasteiger partial charge in [-0.1, -0.05) is 39.0 Å². The fourth-order valence-corrected chi connectivity index (χ4v) is 4.23. The van der Waals surface area contributed by atoms with Crippen molar-refractivity contribution in [1.29, 1.82) is 0 Å².